The number of carbonyl (C=O) groups is 2. The minimum Gasteiger partial charge on any atom is -0.483 e. The van der Waals surface area contributed by atoms with Crippen molar-refractivity contribution in [3.8, 4) is 5.75 Å². The molecule has 0 atom stereocenters. The number of benzene rings is 1. The largest absolute Gasteiger partial charge is 0.483 e. The predicted molar refractivity (Wildman–Crippen MR) is 78.5 cm³/mol. The zero-order valence-corrected chi connectivity index (χ0v) is 12.3. The fourth-order valence-electron chi connectivity index (χ4n) is 2.37. The normalized spacial score (nSPS) is 14.7. The molecule has 0 saturated carbocycles. The Morgan fingerprint density at radius 3 is 2.52 bits per heavy atom. The summed E-state index contributed by atoms with van der Waals surface area (Å²) in [6.45, 7) is 6.17. The van der Waals surface area contributed by atoms with Crippen molar-refractivity contribution >= 4 is 18.0 Å². The number of nitrogens with zero attached hydrogens (tertiary/aromatic N) is 1. The third-order valence-corrected chi connectivity index (χ3v) is 3.39. The lowest BCUT2D eigenvalue weighted by Crippen LogP contribution is -2.43. The van der Waals surface area contributed by atoms with E-state index in [2.05, 4.69) is 5.32 Å². The van der Waals surface area contributed by atoms with E-state index in [1.807, 2.05) is 26.0 Å². The van der Waals surface area contributed by atoms with Gasteiger partial charge in [0.1, 0.15) is 5.75 Å². The summed E-state index contributed by atoms with van der Waals surface area (Å²) in [7, 11) is 0. The van der Waals surface area contributed by atoms with Gasteiger partial charge in [0.05, 0.1) is 13.2 Å². The molecular weight excluding hydrogens is 272 g/mol. The summed E-state index contributed by atoms with van der Waals surface area (Å²) in [5.41, 5.74) is 2.48. The molecule has 1 saturated heterocycles. The molecule has 1 fully saturated rings. The molecule has 0 spiro atoms. The first-order valence-electron chi connectivity index (χ1n) is 6.91. The van der Waals surface area contributed by atoms with Crippen molar-refractivity contribution < 1.29 is 19.1 Å². The van der Waals surface area contributed by atoms with Crippen LogP contribution in [0.4, 0.5) is 5.69 Å². The first kappa shape index (κ1) is 15.3. The number of rotatable bonds is 5. The Morgan fingerprint density at radius 1 is 1.33 bits per heavy atom. The van der Waals surface area contributed by atoms with Crippen LogP contribution in [-0.2, 0) is 14.3 Å². The first-order chi connectivity index (χ1) is 10.1. The average Bonchev–Trinajstić information content (AvgIpc) is 2.47. The number of anilines is 1. The van der Waals surface area contributed by atoms with Crippen LogP contribution in [0, 0.1) is 13.8 Å². The molecule has 114 valence electrons. The maximum Gasteiger partial charge on any atom is 0.260 e. The van der Waals surface area contributed by atoms with Gasteiger partial charge >= 0.3 is 0 Å². The van der Waals surface area contributed by atoms with Crippen LogP contribution >= 0.6 is 0 Å². The standard InChI is InChI=1S/C15H20N2O4/c1-11-7-13(16-10-18)8-12(2)15(11)21-9-14(19)17-3-5-20-6-4-17/h7-8,10H,3-6,9H2,1-2H3,(H,16,18). The van der Waals surface area contributed by atoms with Crippen molar-refractivity contribution in [2.45, 2.75) is 13.8 Å². The summed E-state index contributed by atoms with van der Waals surface area (Å²) < 4.78 is 10.9. The number of hydrogen-bond acceptors (Lipinski definition) is 4. The van der Waals surface area contributed by atoms with Crippen LogP contribution in [0.2, 0.25) is 0 Å². The smallest absolute Gasteiger partial charge is 0.260 e. The first-order valence-corrected chi connectivity index (χ1v) is 6.91. The van der Waals surface area contributed by atoms with Crippen molar-refractivity contribution in [2.24, 2.45) is 0 Å². The van der Waals surface area contributed by atoms with Gasteiger partial charge in [0.25, 0.3) is 5.91 Å². The maximum atomic E-state index is 12.1. The Labute approximate surface area is 124 Å². The zero-order valence-electron chi connectivity index (χ0n) is 12.3. The van der Waals surface area contributed by atoms with E-state index in [0.717, 1.165) is 11.1 Å². The summed E-state index contributed by atoms with van der Waals surface area (Å²) >= 11 is 0. The summed E-state index contributed by atoms with van der Waals surface area (Å²) in [5.74, 6) is 0.653. The molecule has 2 rings (SSSR count). The van der Waals surface area contributed by atoms with Crippen LogP contribution in [0.3, 0.4) is 0 Å². The Bertz CT molecular complexity index is 501. The molecular formula is C15H20N2O4. The highest BCUT2D eigenvalue weighted by Gasteiger charge is 2.18. The highest BCUT2D eigenvalue weighted by molar-refractivity contribution is 5.78. The SMILES string of the molecule is Cc1cc(NC=O)cc(C)c1OCC(=O)N1CCOCC1. The highest BCUT2D eigenvalue weighted by atomic mass is 16.5. The molecule has 1 aromatic carbocycles. The fourth-order valence-corrected chi connectivity index (χ4v) is 2.37. The predicted octanol–water partition coefficient (Wildman–Crippen LogP) is 1.11. The minimum absolute atomic E-state index is 0.0160. The number of carbonyl (C=O) groups excluding carboxylic acids is 2. The quantitative estimate of drug-likeness (QED) is 0.826. The second-order valence-corrected chi connectivity index (χ2v) is 4.98. The third-order valence-electron chi connectivity index (χ3n) is 3.39. The van der Waals surface area contributed by atoms with Crippen LogP contribution in [-0.4, -0.2) is 50.1 Å². The van der Waals surface area contributed by atoms with E-state index < -0.39 is 0 Å². The van der Waals surface area contributed by atoms with Crippen molar-refractivity contribution in [3.05, 3.63) is 23.3 Å². The van der Waals surface area contributed by atoms with Crippen LogP contribution in [0.1, 0.15) is 11.1 Å². The van der Waals surface area contributed by atoms with Gasteiger partial charge in [-0.05, 0) is 37.1 Å². The molecule has 1 aliphatic rings. The van der Waals surface area contributed by atoms with Crippen molar-refractivity contribution in [3.63, 3.8) is 0 Å². The van der Waals surface area contributed by atoms with E-state index in [-0.39, 0.29) is 12.5 Å². The lowest BCUT2D eigenvalue weighted by atomic mass is 10.1. The molecule has 1 N–H and O–H groups in total. The van der Waals surface area contributed by atoms with Crippen molar-refractivity contribution in [2.75, 3.05) is 38.2 Å². The number of aryl methyl sites for hydroxylation is 2. The number of nitrogens with one attached hydrogen (secondary N) is 1. The topological polar surface area (TPSA) is 67.9 Å². The summed E-state index contributed by atoms with van der Waals surface area (Å²) in [6.07, 6.45) is 0.636. The molecule has 0 aromatic heterocycles. The van der Waals surface area contributed by atoms with Crippen molar-refractivity contribution in [1.82, 2.24) is 4.90 Å². The van der Waals surface area contributed by atoms with Gasteiger partial charge in [-0.3, -0.25) is 9.59 Å². The van der Waals surface area contributed by atoms with E-state index in [1.54, 1.807) is 4.90 Å². The van der Waals surface area contributed by atoms with E-state index in [0.29, 0.717) is 44.2 Å². The number of ether oxygens (including phenoxy) is 2. The Kier molecular flexibility index (Phi) is 5.16. The Morgan fingerprint density at radius 2 is 1.95 bits per heavy atom. The van der Waals surface area contributed by atoms with Gasteiger partial charge < -0.3 is 19.7 Å². The van der Waals surface area contributed by atoms with Gasteiger partial charge in [0.15, 0.2) is 6.61 Å². The molecule has 6 nitrogen and oxygen atoms in total. The van der Waals surface area contributed by atoms with Gasteiger partial charge in [0.2, 0.25) is 6.41 Å². The van der Waals surface area contributed by atoms with E-state index in [1.165, 1.54) is 0 Å². The average molecular weight is 292 g/mol. The van der Waals surface area contributed by atoms with Gasteiger partial charge in [-0.2, -0.15) is 0 Å². The minimum atomic E-state index is -0.0350. The molecule has 1 heterocycles. The molecule has 6 heteroatoms. The lowest BCUT2D eigenvalue weighted by Gasteiger charge is -2.27. The van der Waals surface area contributed by atoms with Crippen LogP contribution in [0.5, 0.6) is 5.75 Å². The molecule has 1 aromatic rings. The Hall–Kier alpha value is -2.08. The highest BCUT2D eigenvalue weighted by Crippen LogP contribution is 2.27. The number of amides is 2. The van der Waals surface area contributed by atoms with Crippen molar-refractivity contribution in [1.29, 1.82) is 0 Å². The monoisotopic (exact) mass is 292 g/mol. The van der Waals surface area contributed by atoms with Gasteiger partial charge in [0, 0.05) is 18.8 Å². The van der Waals surface area contributed by atoms with Crippen LogP contribution in [0.25, 0.3) is 0 Å². The zero-order chi connectivity index (χ0) is 15.2. The molecule has 21 heavy (non-hydrogen) atoms. The second kappa shape index (κ2) is 7.08. The fraction of sp³-hybridized carbons (Fsp3) is 0.467. The number of hydrogen-bond donors (Lipinski definition) is 1. The molecule has 2 amide bonds. The summed E-state index contributed by atoms with van der Waals surface area (Å²) in [5, 5.41) is 2.61. The molecule has 0 bridgehead atoms. The molecule has 0 radical (unpaired) electrons. The van der Waals surface area contributed by atoms with E-state index in [4.69, 9.17) is 9.47 Å². The third kappa shape index (κ3) is 3.95. The molecule has 0 unspecified atom stereocenters. The van der Waals surface area contributed by atoms with Crippen LogP contribution < -0.4 is 10.1 Å². The number of morpholine rings is 1. The molecule has 0 aliphatic carbocycles. The second-order valence-electron chi connectivity index (χ2n) is 4.98. The van der Waals surface area contributed by atoms with Gasteiger partial charge in [-0.15, -0.1) is 0 Å². The Balaban J connectivity index is 1.99. The summed E-state index contributed by atoms with van der Waals surface area (Å²) in [4.78, 5) is 24.3. The van der Waals surface area contributed by atoms with Crippen LogP contribution in [0.15, 0.2) is 12.1 Å². The molecule has 1 aliphatic heterocycles. The van der Waals surface area contributed by atoms with Gasteiger partial charge in [-0.1, -0.05) is 0 Å². The van der Waals surface area contributed by atoms with E-state index >= 15 is 0 Å². The van der Waals surface area contributed by atoms with Gasteiger partial charge in [-0.25, -0.2) is 0 Å². The lowest BCUT2D eigenvalue weighted by molar-refractivity contribution is -0.137. The summed E-state index contributed by atoms with van der Waals surface area (Å²) in [6, 6.07) is 3.63. The maximum absolute atomic E-state index is 12.1. The van der Waals surface area contributed by atoms with E-state index in [9.17, 15) is 9.59 Å².